The molecule has 1 aromatic heterocycles. The van der Waals surface area contributed by atoms with Crippen LogP contribution in [0.15, 0.2) is 72.4 Å². The van der Waals surface area contributed by atoms with E-state index in [1.165, 1.54) is 30.3 Å². The van der Waals surface area contributed by atoms with Gasteiger partial charge in [0.25, 0.3) is 10.2 Å². The van der Waals surface area contributed by atoms with Crippen LogP contribution in [0, 0.1) is 0 Å². The number of benzene rings is 2. The Morgan fingerprint density at radius 1 is 1.03 bits per heavy atom. The van der Waals surface area contributed by atoms with Gasteiger partial charge in [0.05, 0.1) is 24.2 Å². The third kappa shape index (κ3) is 8.10. The predicted octanol–water partition coefficient (Wildman–Crippen LogP) is 2.99. The number of aliphatic hydroxyl groups excluding tert-OH is 1. The SMILES string of the molecule is CN(C)S(=O)(=O)N[C@@H](Cc1ccccc1)C[C@@H](O)[C@H](Cc1ccccc1)N(Cc1cncs1)C(=O)O. The van der Waals surface area contributed by atoms with E-state index in [0.29, 0.717) is 6.42 Å². The van der Waals surface area contributed by atoms with E-state index in [4.69, 9.17) is 0 Å². The minimum absolute atomic E-state index is 0.0198. The van der Waals surface area contributed by atoms with Crippen LogP contribution in [0.2, 0.25) is 0 Å². The number of rotatable bonds is 13. The molecular formula is C25H32N4O5S2. The van der Waals surface area contributed by atoms with Crippen LogP contribution in [0.3, 0.4) is 0 Å². The minimum atomic E-state index is -3.79. The first-order valence-corrected chi connectivity index (χ1v) is 13.8. The zero-order valence-corrected chi connectivity index (χ0v) is 21.9. The van der Waals surface area contributed by atoms with E-state index < -0.39 is 34.5 Å². The summed E-state index contributed by atoms with van der Waals surface area (Å²) in [6.07, 6.45) is -0.0805. The molecule has 2 aromatic carbocycles. The lowest BCUT2D eigenvalue weighted by molar-refractivity contribution is 0.0357. The zero-order valence-electron chi connectivity index (χ0n) is 20.3. The van der Waals surface area contributed by atoms with E-state index in [2.05, 4.69) is 9.71 Å². The van der Waals surface area contributed by atoms with Gasteiger partial charge in [0.1, 0.15) is 0 Å². The van der Waals surface area contributed by atoms with E-state index in [1.54, 1.807) is 11.7 Å². The van der Waals surface area contributed by atoms with Crippen LogP contribution in [0.25, 0.3) is 0 Å². The van der Waals surface area contributed by atoms with Crippen molar-refractivity contribution in [1.82, 2.24) is 18.9 Å². The molecule has 1 heterocycles. The highest BCUT2D eigenvalue weighted by molar-refractivity contribution is 7.87. The summed E-state index contributed by atoms with van der Waals surface area (Å²) in [5.41, 5.74) is 3.39. The summed E-state index contributed by atoms with van der Waals surface area (Å²) in [7, 11) is -0.933. The maximum atomic E-state index is 12.7. The van der Waals surface area contributed by atoms with Gasteiger partial charge in [-0.25, -0.2) is 4.79 Å². The molecule has 3 atom stereocenters. The molecule has 0 aliphatic carbocycles. The molecule has 194 valence electrons. The molecule has 0 aliphatic heterocycles. The quantitative estimate of drug-likeness (QED) is 0.311. The summed E-state index contributed by atoms with van der Waals surface area (Å²) in [6, 6.07) is 17.2. The Morgan fingerprint density at radius 3 is 2.11 bits per heavy atom. The van der Waals surface area contributed by atoms with Crippen molar-refractivity contribution < 1.29 is 23.4 Å². The Hall–Kier alpha value is -2.83. The molecule has 0 saturated carbocycles. The maximum Gasteiger partial charge on any atom is 0.407 e. The molecule has 3 rings (SSSR count). The van der Waals surface area contributed by atoms with Crippen LogP contribution in [0.1, 0.15) is 22.4 Å². The average Bonchev–Trinajstić information content (AvgIpc) is 3.35. The average molecular weight is 533 g/mol. The molecule has 0 saturated heterocycles. The monoisotopic (exact) mass is 532 g/mol. The number of nitrogens with one attached hydrogen (secondary N) is 1. The van der Waals surface area contributed by atoms with E-state index in [9.17, 15) is 23.4 Å². The molecule has 0 bridgehead atoms. The summed E-state index contributed by atoms with van der Waals surface area (Å²) in [4.78, 5) is 18.3. The van der Waals surface area contributed by atoms with Gasteiger partial charge in [-0.1, -0.05) is 60.7 Å². The first kappa shape index (κ1) is 27.8. The molecule has 0 aliphatic rings. The van der Waals surface area contributed by atoms with Crippen LogP contribution in [-0.4, -0.2) is 71.2 Å². The molecule has 1 amide bonds. The molecule has 0 fully saturated rings. The lowest BCUT2D eigenvalue weighted by atomic mass is 9.93. The lowest BCUT2D eigenvalue weighted by Gasteiger charge is -2.34. The number of amides is 1. The van der Waals surface area contributed by atoms with Crippen molar-refractivity contribution in [1.29, 1.82) is 0 Å². The minimum Gasteiger partial charge on any atom is -0.465 e. The number of hydrogen-bond donors (Lipinski definition) is 3. The summed E-state index contributed by atoms with van der Waals surface area (Å²) < 4.78 is 29.0. The number of carbonyl (C=O) groups is 1. The summed E-state index contributed by atoms with van der Waals surface area (Å²) in [5.74, 6) is 0. The van der Waals surface area contributed by atoms with Gasteiger partial charge in [-0.2, -0.15) is 17.4 Å². The number of hydrogen-bond acceptors (Lipinski definition) is 6. The number of nitrogens with zero attached hydrogens (tertiary/aromatic N) is 3. The fourth-order valence-corrected chi connectivity index (χ4v) is 5.36. The highest BCUT2D eigenvalue weighted by atomic mass is 32.2. The van der Waals surface area contributed by atoms with Gasteiger partial charge in [0, 0.05) is 31.2 Å². The molecular weight excluding hydrogens is 500 g/mol. The molecule has 9 nitrogen and oxygen atoms in total. The summed E-state index contributed by atoms with van der Waals surface area (Å²) in [6.45, 7) is 0.0708. The van der Waals surface area contributed by atoms with Gasteiger partial charge in [0.2, 0.25) is 0 Å². The maximum absolute atomic E-state index is 12.7. The van der Waals surface area contributed by atoms with Gasteiger partial charge >= 0.3 is 6.09 Å². The van der Waals surface area contributed by atoms with Gasteiger partial charge in [-0.15, -0.1) is 11.3 Å². The Morgan fingerprint density at radius 2 is 1.61 bits per heavy atom. The van der Waals surface area contributed by atoms with Crippen molar-refractivity contribution in [3.8, 4) is 0 Å². The topological polar surface area (TPSA) is 123 Å². The van der Waals surface area contributed by atoms with Crippen molar-refractivity contribution in [2.24, 2.45) is 0 Å². The summed E-state index contributed by atoms with van der Waals surface area (Å²) in [5, 5.41) is 21.5. The first-order chi connectivity index (χ1) is 17.2. The van der Waals surface area contributed by atoms with Crippen molar-refractivity contribution >= 4 is 27.6 Å². The molecule has 3 aromatic rings. The molecule has 3 N–H and O–H groups in total. The zero-order chi connectivity index (χ0) is 26.1. The van der Waals surface area contributed by atoms with Gasteiger partial charge < -0.3 is 10.2 Å². The normalized spacial score (nSPS) is 14.3. The van der Waals surface area contributed by atoms with Gasteiger partial charge in [-0.3, -0.25) is 9.88 Å². The second-order valence-corrected chi connectivity index (χ2v) is 11.6. The number of aromatic nitrogens is 1. The van der Waals surface area contributed by atoms with Crippen LogP contribution < -0.4 is 4.72 Å². The van der Waals surface area contributed by atoms with Crippen molar-refractivity contribution in [3.63, 3.8) is 0 Å². The van der Waals surface area contributed by atoms with Crippen LogP contribution in [0.5, 0.6) is 0 Å². The second kappa shape index (κ2) is 12.9. The fraction of sp³-hybridized carbons (Fsp3) is 0.360. The molecule has 11 heteroatoms. The Balaban J connectivity index is 1.90. The number of aliphatic hydroxyl groups is 1. The van der Waals surface area contributed by atoms with Crippen molar-refractivity contribution in [2.45, 2.75) is 44.0 Å². The predicted molar refractivity (Wildman–Crippen MR) is 140 cm³/mol. The third-order valence-corrected chi connectivity index (χ3v) is 8.19. The van der Waals surface area contributed by atoms with Crippen molar-refractivity contribution in [2.75, 3.05) is 14.1 Å². The number of thiazole rings is 1. The third-order valence-electron chi connectivity index (χ3n) is 5.83. The smallest absolute Gasteiger partial charge is 0.407 e. The number of carboxylic acid groups (broad SMARTS) is 1. The first-order valence-electron chi connectivity index (χ1n) is 11.5. The van der Waals surface area contributed by atoms with Crippen LogP contribution in [-0.2, 0) is 29.6 Å². The molecule has 0 unspecified atom stereocenters. The van der Waals surface area contributed by atoms with E-state index in [0.717, 1.165) is 20.3 Å². The summed E-state index contributed by atoms with van der Waals surface area (Å²) >= 11 is 1.34. The van der Waals surface area contributed by atoms with Crippen molar-refractivity contribution in [3.05, 3.63) is 88.4 Å². The Bertz CT molecular complexity index is 1180. The molecule has 0 radical (unpaired) electrons. The molecule has 0 spiro atoms. The highest BCUT2D eigenvalue weighted by Crippen LogP contribution is 2.22. The van der Waals surface area contributed by atoms with E-state index in [1.807, 2.05) is 60.7 Å². The van der Waals surface area contributed by atoms with Crippen LogP contribution >= 0.6 is 11.3 Å². The second-order valence-electron chi connectivity index (χ2n) is 8.73. The molecule has 36 heavy (non-hydrogen) atoms. The highest BCUT2D eigenvalue weighted by Gasteiger charge is 2.33. The standard InChI is InChI=1S/C25H32N4O5S2/c1-28(2)36(33,34)27-21(13-19-9-5-3-6-10-19)15-24(30)23(14-20-11-7-4-8-12-20)29(25(31)32)17-22-16-26-18-35-22/h3-12,16,18,21,23-24,27,30H,13-15,17H2,1-2H3,(H,31,32)/t21-,23-,24+/m0/s1. The van der Waals surface area contributed by atoms with Crippen LogP contribution in [0.4, 0.5) is 4.79 Å². The van der Waals surface area contributed by atoms with Gasteiger partial charge in [0.15, 0.2) is 0 Å². The largest absolute Gasteiger partial charge is 0.465 e. The van der Waals surface area contributed by atoms with Gasteiger partial charge in [-0.05, 0) is 30.4 Å². The Labute approximate surface area is 216 Å². The van der Waals surface area contributed by atoms with E-state index >= 15 is 0 Å². The van der Waals surface area contributed by atoms with E-state index in [-0.39, 0.29) is 19.4 Å². The Kier molecular flexibility index (Phi) is 9.97. The fourth-order valence-electron chi connectivity index (χ4n) is 3.96. The lowest BCUT2D eigenvalue weighted by Crippen LogP contribution is -2.51.